The van der Waals surface area contributed by atoms with Crippen LogP contribution in [0.1, 0.15) is 42.1 Å². The summed E-state index contributed by atoms with van der Waals surface area (Å²) in [5.74, 6) is 0.877. The van der Waals surface area contributed by atoms with Gasteiger partial charge in [0.25, 0.3) is 5.56 Å². The predicted octanol–water partition coefficient (Wildman–Crippen LogP) is 4.14. The first-order valence-corrected chi connectivity index (χ1v) is 11.4. The first-order chi connectivity index (χ1) is 15.3. The van der Waals surface area contributed by atoms with E-state index in [1.807, 2.05) is 27.7 Å². The van der Waals surface area contributed by atoms with Crippen LogP contribution in [0.3, 0.4) is 0 Å². The van der Waals surface area contributed by atoms with E-state index in [1.165, 1.54) is 17.6 Å². The van der Waals surface area contributed by atoms with Gasteiger partial charge in [0.05, 0.1) is 36.3 Å². The van der Waals surface area contributed by atoms with Crippen molar-refractivity contribution >= 4 is 45.3 Å². The number of nitrogens with one attached hydrogen (secondary N) is 2. The molecule has 170 valence electrons. The molecule has 0 fully saturated rings. The summed E-state index contributed by atoms with van der Waals surface area (Å²) in [5, 5.41) is 4.95. The average Bonchev–Trinajstić information content (AvgIpc) is 3.01. The highest BCUT2D eigenvalue weighted by molar-refractivity contribution is 7.18. The number of hydrogen-bond acceptors (Lipinski definition) is 7. The van der Waals surface area contributed by atoms with E-state index in [0.29, 0.717) is 45.5 Å². The van der Waals surface area contributed by atoms with E-state index in [-0.39, 0.29) is 17.8 Å². The molecule has 0 saturated heterocycles. The van der Waals surface area contributed by atoms with Crippen molar-refractivity contribution in [3.63, 3.8) is 0 Å². The largest absolute Gasteiger partial charge is 0.490 e. The first-order valence-electron chi connectivity index (χ1n) is 10.2. The van der Waals surface area contributed by atoms with Gasteiger partial charge >= 0.3 is 0 Å². The highest BCUT2D eigenvalue weighted by atomic mass is 35.5. The molecule has 2 aromatic heterocycles. The quantitative estimate of drug-likeness (QED) is 0.356. The topological polar surface area (TPSA) is 106 Å². The Bertz CT molecular complexity index is 1220. The maximum atomic E-state index is 12.3. The number of carbonyl (C=O) groups excluding carboxylic acids is 1. The van der Waals surface area contributed by atoms with Gasteiger partial charge in [0.2, 0.25) is 5.91 Å². The lowest BCUT2D eigenvalue weighted by Crippen LogP contribution is -2.23. The number of amides is 1. The normalized spacial score (nSPS) is 11.3. The Balaban J connectivity index is 1.70. The Kier molecular flexibility index (Phi) is 7.87. The molecule has 0 unspecified atom stereocenters. The van der Waals surface area contributed by atoms with E-state index in [2.05, 4.69) is 20.5 Å². The number of fused-ring (bicyclic) bond motifs is 1. The number of aromatic amines is 1. The zero-order valence-corrected chi connectivity index (χ0v) is 19.9. The van der Waals surface area contributed by atoms with Crippen LogP contribution in [0.15, 0.2) is 22.0 Å². The highest BCUT2D eigenvalue weighted by Gasteiger charge is 2.14. The van der Waals surface area contributed by atoms with E-state index < -0.39 is 5.91 Å². The smallest absolute Gasteiger partial charge is 0.259 e. The molecule has 0 atom stereocenters. The Morgan fingerprint density at radius 3 is 2.81 bits per heavy atom. The van der Waals surface area contributed by atoms with Crippen LogP contribution in [0.4, 0.5) is 0 Å². The van der Waals surface area contributed by atoms with Crippen LogP contribution in [0, 0.1) is 13.8 Å². The van der Waals surface area contributed by atoms with Crippen LogP contribution in [-0.4, -0.2) is 35.3 Å². The van der Waals surface area contributed by atoms with Crippen molar-refractivity contribution in [2.45, 2.75) is 40.5 Å². The van der Waals surface area contributed by atoms with Gasteiger partial charge in [0.1, 0.15) is 10.7 Å². The van der Waals surface area contributed by atoms with Crippen LogP contribution in [0.2, 0.25) is 5.02 Å². The summed E-state index contributed by atoms with van der Waals surface area (Å²) < 4.78 is 11.3. The summed E-state index contributed by atoms with van der Waals surface area (Å²) in [6.07, 6.45) is 2.20. The molecule has 32 heavy (non-hydrogen) atoms. The lowest BCUT2D eigenvalue weighted by molar-refractivity contribution is -0.120. The zero-order chi connectivity index (χ0) is 23.3. The lowest BCUT2D eigenvalue weighted by atomic mass is 10.2. The number of aryl methyl sites for hydroxylation is 2. The Labute approximate surface area is 194 Å². The number of hydrazone groups is 1. The summed E-state index contributed by atoms with van der Waals surface area (Å²) in [7, 11) is 0. The number of carbonyl (C=O) groups is 1. The van der Waals surface area contributed by atoms with Gasteiger partial charge in [-0.15, -0.1) is 11.3 Å². The van der Waals surface area contributed by atoms with Crippen LogP contribution < -0.4 is 20.5 Å². The van der Waals surface area contributed by atoms with Gasteiger partial charge in [-0.25, -0.2) is 10.4 Å². The Morgan fingerprint density at radius 2 is 2.09 bits per heavy atom. The minimum absolute atomic E-state index is 0.104. The fourth-order valence-electron chi connectivity index (χ4n) is 3.02. The average molecular weight is 477 g/mol. The number of benzene rings is 1. The standard InChI is InChI=1S/C22H25ClN4O4S/c1-5-7-31-20-15(23)8-14(9-16(20)30-6-2)11-24-27-18(28)10-17-25-21(29)19-12(3)13(4)32-22(19)26-17/h8-9,11H,5-7,10H2,1-4H3,(H,27,28)(H,25,26,29)/b24-11+. The van der Waals surface area contributed by atoms with E-state index >= 15 is 0 Å². The van der Waals surface area contributed by atoms with Crippen LogP contribution in [-0.2, 0) is 11.2 Å². The summed E-state index contributed by atoms with van der Waals surface area (Å²) in [6.45, 7) is 8.67. The molecule has 0 bridgehead atoms. The van der Waals surface area contributed by atoms with Gasteiger partial charge in [0, 0.05) is 4.88 Å². The molecular formula is C22H25ClN4O4S. The second-order valence-electron chi connectivity index (χ2n) is 7.06. The van der Waals surface area contributed by atoms with Crippen LogP contribution >= 0.6 is 22.9 Å². The summed E-state index contributed by atoms with van der Waals surface area (Å²) in [4.78, 5) is 33.3. The lowest BCUT2D eigenvalue weighted by Gasteiger charge is -2.13. The second kappa shape index (κ2) is 10.6. The summed E-state index contributed by atoms with van der Waals surface area (Å²) >= 11 is 7.77. The van der Waals surface area contributed by atoms with E-state index in [1.54, 1.807) is 12.1 Å². The van der Waals surface area contributed by atoms with Crippen molar-refractivity contribution in [1.82, 2.24) is 15.4 Å². The third-order valence-electron chi connectivity index (χ3n) is 4.60. The minimum Gasteiger partial charge on any atom is -0.490 e. The third kappa shape index (κ3) is 5.46. The van der Waals surface area contributed by atoms with E-state index in [9.17, 15) is 9.59 Å². The number of rotatable bonds is 9. The molecule has 1 amide bonds. The number of hydrogen-bond donors (Lipinski definition) is 2. The van der Waals surface area contributed by atoms with E-state index in [0.717, 1.165) is 16.9 Å². The number of aromatic nitrogens is 2. The predicted molar refractivity (Wildman–Crippen MR) is 128 cm³/mol. The molecule has 0 radical (unpaired) electrons. The second-order valence-corrected chi connectivity index (χ2v) is 8.67. The molecular weight excluding hydrogens is 452 g/mol. The number of ether oxygens (including phenoxy) is 2. The van der Waals surface area contributed by atoms with Crippen molar-refractivity contribution in [2.75, 3.05) is 13.2 Å². The van der Waals surface area contributed by atoms with Crippen molar-refractivity contribution in [3.8, 4) is 11.5 Å². The van der Waals surface area contributed by atoms with Crippen molar-refractivity contribution in [3.05, 3.63) is 49.3 Å². The van der Waals surface area contributed by atoms with Gasteiger partial charge in [-0.3, -0.25) is 9.59 Å². The maximum Gasteiger partial charge on any atom is 0.259 e. The Hall–Kier alpha value is -2.91. The van der Waals surface area contributed by atoms with E-state index in [4.69, 9.17) is 21.1 Å². The van der Waals surface area contributed by atoms with Crippen molar-refractivity contribution < 1.29 is 14.3 Å². The number of nitrogens with zero attached hydrogens (tertiary/aromatic N) is 2. The SMILES string of the molecule is CCCOc1c(Cl)cc(/C=N/NC(=O)Cc2nc3sc(C)c(C)c3c(=O)[nH]2)cc1OCC. The van der Waals surface area contributed by atoms with Crippen LogP contribution in [0.5, 0.6) is 11.5 Å². The molecule has 3 aromatic rings. The molecule has 0 spiro atoms. The molecule has 0 aliphatic heterocycles. The fourth-order valence-corrected chi connectivity index (χ4v) is 4.35. The highest BCUT2D eigenvalue weighted by Crippen LogP contribution is 2.36. The Morgan fingerprint density at radius 1 is 1.31 bits per heavy atom. The van der Waals surface area contributed by atoms with Gasteiger partial charge in [0.15, 0.2) is 11.5 Å². The first kappa shape index (κ1) is 23.7. The molecule has 10 heteroatoms. The monoisotopic (exact) mass is 476 g/mol. The maximum absolute atomic E-state index is 12.3. The number of H-pyrrole nitrogens is 1. The summed E-state index contributed by atoms with van der Waals surface area (Å²) in [5.41, 5.74) is 3.75. The molecule has 0 aliphatic rings. The van der Waals surface area contributed by atoms with Gasteiger partial charge in [-0.1, -0.05) is 18.5 Å². The van der Waals surface area contributed by atoms with Crippen molar-refractivity contribution in [1.29, 1.82) is 0 Å². The van der Waals surface area contributed by atoms with Crippen molar-refractivity contribution in [2.24, 2.45) is 5.10 Å². The fraction of sp³-hybridized carbons (Fsp3) is 0.364. The minimum atomic E-state index is -0.409. The molecule has 2 N–H and O–H groups in total. The molecule has 0 aliphatic carbocycles. The molecule has 0 saturated carbocycles. The van der Waals surface area contributed by atoms with Gasteiger partial charge in [-0.2, -0.15) is 5.10 Å². The third-order valence-corrected chi connectivity index (χ3v) is 5.98. The van der Waals surface area contributed by atoms with Gasteiger partial charge < -0.3 is 14.5 Å². The van der Waals surface area contributed by atoms with Crippen LogP contribution in [0.25, 0.3) is 10.2 Å². The number of thiophene rings is 1. The molecule has 8 nitrogen and oxygen atoms in total. The molecule has 3 rings (SSSR count). The number of halogens is 1. The zero-order valence-electron chi connectivity index (χ0n) is 18.4. The molecule has 2 heterocycles. The molecule has 1 aromatic carbocycles. The van der Waals surface area contributed by atoms with Gasteiger partial charge in [-0.05, 0) is 50.5 Å². The summed E-state index contributed by atoms with van der Waals surface area (Å²) in [6, 6.07) is 3.42.